The van der Waals surface area contributed by atoms with Crippen molar-refractivity contribution < 1.29 is 23.8 Å². The number of hydrogen-bond acceptors (Lipinski definition) is 6. The summed E-state index contributed by atoms with van der Waals surface area (Å²) >= 11 is 5.76. The molecule has 0 unspecified atom stereocenters. The summed E-state index contributed by atoms with van der Waals surface area (Å²) in [5, 5.41) is 9.08. The topological polar surface area (TPSA) is 85.6 Å². The third-order valence-electron chi connectivity index (χ3n) is 3.40. The summed E-state index contributed by atoms with van der Waals surface area (Å²) in [5.41, 5.74) is 1.08. The van der Waals surface area contributed by atoms with Crippen LogP contribution < -0.4 is 9.47 Å². The summed E-state index contributed by atoms with van der Waals surface area (Å²) in [6.07, 6.45) is 2.73. The molecule has 0 amide bonds. The molecule has 27 heavy (non-hydrogen) atoms. The zero-order valence-electron chi connectivity index (χ0n) is 14.5. The Balaban J connectivity index is 1.93. The number of Topliss-reactive ketones (excluding diaryl/α,β-unsaturated/α-hetero) is 1. The Kier molecular flexibility index (Phi) is 7.41. The summed E-state index contributed by atoms with van der Waals surface area (Å²) in [6.45, 7) is -0.464. The van der Waals surface area contributed by atoms with E-state index < -0.39 is 5.97 Å². The van der Waals surface area contributed by atoms with Crippen LogP contribution in [0.4, 0.5) is 0 Å². The van der Waals surface area contributed by atoms with Crippen molar-refractivity contribution in [2.45, 2.75) is 0 Å². The van der Waals surface area contributed by atoms with E-state index in [4.69, 9.17) is 31.1 Å². The number of rotatable bonds is 8. The van der Waals surface area contributed by atoms with E-state index in [2.05, 4.69) is 0 Å². The fourth-order valence-corrected chi connectivity index (χ4v) is 2.21. The van der Waals surface area contributed by atoms with Crippen molar-refractivity contribution in [3.63, 3.8) is 0 Å². The van der Waals surface area contributed by atoms with Crippen LogP contribution in [0.1, 0.15) is 15.9 Å². The average molecular weight is 386 g/mol. The summed E-state index contributed by atoms with van der Waals surface area (Å²) in [4.78, 5) is 23.7. The molecule has 0 saturated carbocycles. The molecule has 0 heterocycles. The molecule has 0 N–H and O–H groups in total. The van der Waals surface area contributed by atoms with Gasteiger partial charge in [-0.3, -0.25) is 4.79 Å². The van der Waals surface area contributed by atoms with Gasteiger partial charge in [0.1, 0.15) is 6.07 Å². The fourth-order valence-electron chi connectivity index (χ4n) is 2.09. The van der Waals surface area contributed by atoms with Crippen molar-refractivity contribution in [1.29, 1.82) is 5.26 Å². The molecule has 0 radical (unpaired) electrons. The monoisotopic (exact) mass is 385 g/mol. The molecule has 2 aromatic rings. The van der Waals surface area contributed by atoms with E-state index in [1.807, 2.05) is 6.07 Å². The minimum atomic E-state index is -0.652. The first-order valence-corrected chi connectivity index (χ1v) is 8.22. The lowest BCUT2D eigenvalue weighted by Crippen LogP contribution is -2.12. The van der Waals surface area contributed by atoms with Gasteiger partial charge < -0.3 is 14.2 Å². The third-order valence-corrected chi connectivity index (χ3v) is 3.66. The molecular weight excluding hydrogens is 370 g/mol. The Morgan fingerprint density at radius 2 is 1.89 bits per heavy atom. The minimum Gasteiger partial charge on any atom is -0.493 e. The molecule has 0 aliphatic heterocycles. The lowest BCUT2D eigenvalue weighted by atomic mass is 10.1. The van der Waals surface area contributed by atoms with Crippen LogP contribution >= 0.6 is 11.6 Å². The van der Waals surface area contributed by atoms with Crippen molar-refractivity contribution >= 4 is 29.4 Å². The maximum Gasteiger partial charge on any atom is 0.331 e. The second-order valence-electron chi connectivity index (χ2n) is 5.23. The van der Waals surface area contributed by atoms with E-state index in [1.54, 1.807) is 42.5 Å². The van der Waals surface area contributed by atoms with Crippen molar-refractivity contribution in [1.82, 2.24) is 0 Å². The number of esters is 1. The quantitative estimate of drug-likeness (QED) is 0.391. The van der Waals surface area contributed by atoms with Crippen LogP contribution in [0.3, 0.4) is 0 Å². The highest BCUT2D eigenvalue weighted by molar-refractivity contribution is 6.30. The number of benzene rings is 2. The van der Waals surface area contributed by atoms with Crippen LogP contribution in [0, 0.1) is 11.3 Å². The first-order chi connectivity index (χ1) is 13.0. The van der Waals surface area contributed by atoms with Gasteiger partial charge in [0.15, 0.2) is 30.5 Å². The number of hydrogen-bond donors (Lipinski definition) is 0. The van der Waals surface area contributed by atoms with Crippen molar-refractivity contribution in [3.8, 4) is 17.6 Å². The lowest BCUT2D eigenvalue weighted by molar-refractivity contribution is -0.136. The number of methoxy groups -OCH3 is 1. The number of carbonyl (C=O) groups is 2. The van der Waals surface area contributed by atoms with E-state index in [1.165, 1.54) is 19.3 Å². The maximum absolute atomic E-state index is 11.9. The van der Waals surface area contributed by atoms with Crippen LogP contribution in [0.2, 0.25) is 5.02 Å². The normalized spacial score (nSPS) is 10.3. The average Bonchev–Trinajstić information content (AvgIpc) is 2.69. The molecule has 6 nitrogen and oxygen atoms in total. The van der Waals surface area contributed by atoms with Gasteiger partial charge in [0.05, 0.1) is 7.11 Å². The van der Waals surface area contributed by atoms with Crippen LogP contribution in [0.15, 0.2) is 48.5 Å². The molecule has 2 rings (SSSR count). The van der Waals surface area contributed by atoms with Crippen molar-refractivity contribution in [2.24, 2.45) is 0 Å². The third kappa shape index (κ3) is 6.17. The second-order valence-corrected chi connectivity index (χ2v) is 5.66. The van der Waals surface area contributed by atoms with Gasteiger partial charge in [-0.25, -0.2) is 4.79 Å². The Hall–Kier alpha value is -3.30. The van der Waals surface area contributed by atoms with E-state index in [-0.39, 0.29) is 19.0 Å². The molecule has 2 aromatic carbocycles. The van der Waals surface area contributed by atoms with Gasteiger partial charge in [0.25, 0.3) is 0 Å². The van der Waals surface area contributed by atoms with E-state index in [9.17, 15) is 9.59 Å². The predicted octanol–water partition coefficient (Wildman–Crippen LogP) is 3.69. The van der Waals surface area contributed by atoms with Gasteiger partial charge in [-0.05, 0) is 48.0 Å². The van der Waals surface area contributed by atoms with Crippen molar-refractivity contribution in [3.05, 3.63) is 64.7 Å². The zero-order valence-corrected chi connectivity index (χ0v) is 15.2. The Labute approximate surface area is 161 Å². The molecule has 0 saturated heterocycles. The molecule has 0 atom stereocenters. The number of halogens is 1. The van der Waals surface area contributed by atoms with Gasteiger partial charge in [-0.2, -0.15) is 5.26 Å². The minimum absolute atomic E-state index is 0.0977. The SMILES string of the molecule is COc1cc(C=CC(=O)OCC(=O)c2ccc(Cl)cc2)ccc1OCC#N. The molecule has 0 bridgehead atoms. The summed E-state index contributed by atoms with van der Waals surface area (Å²) in [7, 11) is 1.47. The second kappa shape index (κ2) is 10.00. The molecular formula is C20H16ClNO5. The summed E-state index contributed by atoms with van der Waals surface area (Å²) in [5.74, 6) is -0.124. The van der Waals surface area contributed by atoms with Crippen molar-refractivity contribution in [2.75, 3.05) is 20.3 Å². The van der Waals surface area contributed by atoms with Gasteiger partial charge >= 0.3 is 5.97 Å². The summed E-state index contributed by atoms with van der Waals surface area (Å²) < 4.78 is 15.4. The molecule has 0 aliphatic rings. The molecule has 0 aliphatic carbocycles. The first kappa shape index (κ1) is 20.0. The molecule has 0 fully saturated rings. The van der Waals surface area contributed by atoms with Gasteiger partial charge in [-0.15, -0.1) is 0 Å². The maximum atomic E-state index is 11.9. The van der Waals surface area contributed by atoms with E-state index in [0.29, 0.717) is 27.6 Å². The Bertz CT molecular complexity index is 884. The zero-order chi connectivity index (χ0) is 19.6. The number of ether oxygens (including phenoxy) is 3. The number of nitrogens with zero attached hydrogens (tertiary/aromatic N) is 1. The highest BCUT2D eigenvalue weighted by Crippen LogP contribution is 2.28. The highest BCUT2D eigenvalue weighted by atomic mass is 35.5. The number of nitriles is 1. The number of carbonyl (C=O) groups excluding carboxylic acids is 2. The highest BCUT2D eigenvalue weighted by Gasteiger charge is 2.09. The molecule has 138 valence electrons. The smallest absolute Gasteiger partial charge is 0.331 e. The van der Waals surface area contributed by atoms with Gasteiger partial charge in [0, 0.05) is 16.7 Å². The van der Waals surface area contributed by atoms with Crippen LogP contribution in [-0.4, -0.2) is 32.1 Å². The number of ketones is 1. The van der Waals surface area contributed by atoms with Crippen LogP contribution in [0.25, 0.3) is 6.08 Å². The van der Waals surface area contributed by atoms with Crippen LogP contribution in [0.5, 0.6) is 11.5 Å². The first-order valence-electron chi connectivity index (χ1n) is 7.85. The molecule has 7 heteroatoms. The molecule has 0 spiro atoms. The largest absolute Gasteiger partial charge is 0.493 e. The predicted molar refractivity (Wildman–Crippen MR) is 99.9 cm³/mol. The van der Waals surface area contributed by atoms with Gasteiger partial charge in [-0.1, -0.05) is 17.7 Å². The Morgan fingerprint density at radius 3 is 2.56 bits per heavy atom. The standard InChI is InChI=1S/C20H16ClNO5/c1-25-19-12-14(2-8-18(19)26-11-10-22)3-9-20(24)27-13-17(23)15-4-6-16(21)7-5-15/h2-9,12H,11,13H2,1H3. The van der Waals surface area contributed by atoms with E-state index in [0.717, 1.165) is 0 Å². The van der Waals surface area contributed by atoms with E-state index >= 15 is 0 Å². The fraction of sp³-hybridized carbons (Fsp3) is 0.150. The lowest BCUT2D eigenvalue weighted by Gasteiger charge is -2.08. The van der Waals surface area contributed by atoms with Gasteiger partial charge in [0.2, 0.25) is 0 Å². The van der Waals surface area contributed by atoms with Crippen LogP contribution in [-0.2, 0) is 9.53 Å². The molecule has 0 aromatic heterocycles. The summed E-state index contributed by atoms with van der Waals surface area (Å²) in [6, 6.07) is 13.2. The Morgan fingerprint density at radius 1 is 1.15 bits per heavy atom.